The van der Waals surface area contributed by atoms with Crippen LogP contribution in [0.1, 0.15) is 24.9 Å². The van der Waals surface area contributed by atoms with Gasteiger partial charge in [0.1, 0.15) is 5.75 Å². The van der Waals surface area contributed by atoms with Crippen LogP contribution in [0.15, 0.2) is 48.6 Å². The largest absolute Gasteiger partial charge is 0.508 e. The summed E-state index contributed by atoms with van der Waals surface area (Å²) in [6.45, 7) is 5.82. The second kappa shape index (κ2) is 4.60. The third-order valence-electron chi connectivity index (χ3n) is 2.89. The van der Waals surface area contributed by atoms with Crippen molar-refractivity contribution in [3.8, 4) is 5.75 Å². The molecule has 2 aromatic carbocycles. The van der Waals surface area contributed by atoms with E-state index in [1.54, 1.807) is 6.07 Å². The molecule has 17 heavy (non-hydrogen) atoms. The summed E-state index contributed by atoms with van der Waals surface area (Å²) in [5.74, 6) is 0.262. The fourth-order valence-electron chi connectivity index (χ4n) is 2.15. The number of hydrogen-bond acceptors (Lipinski definition) is 2. The van der Waals surface area contributed by atoms with Gasteiger partial charge in [0.05, 0.1) is 0 Å². The van der Waals surface area contributed by atoms with Crippen molar-refractivity contribution in [2.24, 2.45) is 5.73 Å². The van der Waals surface area contributed by atoms with E-state index < -0.39 is 0 Å². The highest BCUT2D eigenvalue weighted by atomic mass is 16.3. The molecular weight excluding hydrogens is 210 g/mol. The van der Waals surface area contributed by atoms with E-state index in [0.717, 1.165) is 21.9 Å². The molecule has 88 valence electrons. The summed E-state index contributed by atoms with van der Waals surface area (Å²) in [6, 6.07) is 11.3. The molecule has 0 aliphatic heterocycles. The van der Waals surface area contributed by atoms with E-state index in [1.807, 2.05) is 37.3 Å². The Morgan fingerprint density at radius 2 is 2.00 bits per heavy atom. The van der Waals surface area contributed by atoms with Crippen LogP contribution in [0.3, 0.4) is 0 Å². The first kappa shape index (κ1) is 11.7. The second-order valence-corrected chi connectivity index (χ2v) is 4.49. The molecule has 2 heteroatoms. The summed E-state index contributed by atoms with van der Waals surface area (Å²) >= 11 is 0. The topological polar surface area (TPSA) is 46.2 Å². The second-order valence-electron chi connectivity index (χ2n) is 4.49. The quantitative estimate of drug-likeness (QED) is 0.788. The van der Waals surface area contributed by atoms with Crippen LogP contribution in [0, 0.1) is 0 Å². The predicted molar refractivity (Wildman–Crippen MR) is 72.0 cm³/mol. The van der Waals surface area contributed by atoms with Crippen molar-refractivity contribution in [3.05, 3.63) is 54.1 Å². The van der Waals surface area contributed by atoms with E-state index in [0.29, 0.717) is 6.42 Å². The molecule has 0 radical (unpaired) electrons. The molecule has 3 N–H and O–H groups in total. The molecule has 0 saturated heterocycles. The Kier molecular flexibility index (Phi) is 3.16. The summed E-state index contributed by atoms with van der Waals surface area (Å²) in [5.41, 5.74) is 7.97. The SMILES string of the molecule is C=C(C)C[C@@H](N)c1c(O)ccc2ccccc12. The van der Waals surface area contributed by atoms with Crippen molar-refractivity contribution < 1.29 is 5.11 Å². The Labute approximate surface area is 101 Å². The van der Waals surface area contributed by atoms with E-state index >= 15 is 0 Å². The Morgan fingerprint density at radius 1 is 1.29 bits per heavy atom. The lowest BCUT2D eigenvalue weighted by Crippen LogP contribution is -2.11. The van der Waals surface area contributed by atoms with Crippen LogP contribution >= 0.6 is 0 Å². The summed E-state index contributed by atoms with van der Waals surface area (Å²) in [6.07, 6.45) is 0.682. The van der Waals surface area contributed by atoms with Crippen molar-refractivity contribution in [2.45, 2.75) is 19.4 Å². The minimum Gasteiger partial charge on any atom is -0.508 e. The molecule has 0 amide bonds. The zero-order valence-corrected chi connectivity index (χ0v) is 9.98. The molecular formula is C15H17NO. The van der Waals surface area contributed by atoms with Gasteiger partial charge in [-0.3, -0.25) is 0 Å². The lowest BCUT2D eigenvalue weighted by molar-refractivity contribution is 0.463. The van der Waals surface area contributed by atoms with E-state index in [-0.39, 0.29) is 11.8 Å². The van der Waals surface area contributed by atoms with Crippen molar-refractivity contribution in [1.29, 1.82) is 0 Å². The third-order valence-corrected chi connectivity index (χ3v) is 2.89. The standard InChI is InChI=1S/C15H17NO/c1-10(2)9-13(16)15-12-6-4-3-5-11(12)7-8-14(15)17/h3-8,13,17H,1,9,16H2,2H3/t13-/m1/s1. The molecule has 1 atom stereocenters. The van der Waals surface area contributed by atoms with Crippen molar-refractivity contribution in [2.75, 3.05) is 0 Å². The molecule has 0 bridgehead atoms. The van der Waals surface area contributed by atoms with Gasteiger partial charge in [0, 0.05) is 11.6 Å². The van der Waals surface area contributed by atoms with Gasteiger partial charge in [0.25, 0.3) is 0 Å². The molecule has 0 spiro atoms. The molecule has 0 fully saturated rings. The van der Waals surface area contributed by atoms with Gasteiger partial charge < -0.3 is 10.8 Å². The number of fused-ring (bicyclic) bond motifs is 1. The van der Waals surface area contributed by atoms with Gasteiger partial charge in [0.15, 0.2) is 0 Å². The molecule has 0 aromatic heterocycles. The number of phenolic OH excluding ortho intramolecular Hbond substituents is 1. The monoisotopic (exact) mass is 227 g/mol. The maximum Gasteiger partial charge on any atom is 0.120 e. The van der Waals surface area contributed by atoms with Crippen molar-refractivity contribution in [1.82, 2.24) is 0 Å². The minimum absolute atomic E-state index is 0.210. The lowest BCUT2D eigenvalue weighted by atomic mass is 9.94. The van der Waals surface area contributed by atoms with Crippen LogP contribution in [-0.2, 0) is 0 Å². The zero-order valence-electron chi connectivity index (χ0n) is 9.98. The fourth-order valence-corrected chi connectivity index (χ4v) is 2.15. The van der Waals surface area contributed by atoms with Gasteiger partial charge in [-0.15, -0.1) is 6.58 Å². The maximum atomic E-state index is 9.98. The van der Waals surface area contributed by atoms with Crippen LogP contribution in [0.2, 0.25) is 0 Å². The number of benzene rings is 2. The summed E-state index contributed by atoms with van der Waals surface area (Å²) in [4.78, 5) is 0. The molecule has 2 aromatic rings. The highest BCUT2D eigenvalue weighted by molar-refractivity contribution is 5.88. The minimum atomic E-state index is -0.210. The van der Waals surface area contributed by atoms with E-state index in [1.165, 1.54) is 0 Å². The molecule has 2 rings (SSSR count). The van der Waals surface area contributed by atoms with Crippen LogP contribution in [0.4, 0.5) is 0 Å². The predicted octanol–water partition coefficient (Wildman–Crippen LogP) is 3.51. The summed E-state index contributed by atoms with van der Waals surface area (Å²) in [7, 11) is 0. The molecule has 0 unspecified atom stereocenters. The average molecular weight is 227 g/mol. The molecule has 0 heterocycles. The van der Waals surface area contributed by atoms with Gasteiger partial charge in [-0.2, -0.15) is 0 Å². The summed E-state index contributed by atoms with van der Waals surface area (Å²) in [5, 5.41) is 12.1. The fraction of sp³-hybridized carbons (Fsp3) is 0.200. The van der Waals surface area contributed by atoms with E-state index in [9.17, 15) is 5.11 Å². The van der Waals surface area contributed by atoms with E-state index in [4.69, 9.17) is 5.73 Å². The highest BCUT2D eigenvalue weighted by Crippen LogP contribution is 2.33. The summed E-state index contributed by atoms with van der Waals surface area (Å²) < 4.78 is 0. The lowest BCUT2D eigenvalue weighted by Gasteiger charge is -2.16. The Hall–Kier alpha value is -1.80. The first-order chi connectivity index (χ1) is 8.09. The van der Waals surface area contributed by atoms with Gasteiger partial charge in [-0.1, -0.05) is 35.9 Å². The molecule has 0 saturated carbocycles. The van der Waals surface area contributed by atoms with Gasteiger partial charge in [-0.05, 0) is 30.2 Å². The van der Waals surface area contributed by atoms with Gasteiger partial charge in [0.2, 0.25) is 0 Å². The number of phenols is 1. The van der Waals surface area contributed by atoms with Gasteiger partial charge >= 0.3 is 0 Å². The van der Waals surface area contributed by atoms with Crippen LogP contribution in [0.5, 0.6) is 5.75 Å². The first-order valence-corrected chi connectivity index (χ1v) is 5.70. The van der Waals surface area contributed by atoms with Crippen molar-refractivity contribution >= 4 is 10.8 Å². The smallest absolute Gasteiger partial charge is 0.120 e. The third kappa shape index (κ3) is 2.32. The molecule has 2 nitrogen and oxygen atoms in total. The Bertz CT molecular complexity index is 560. The highest BCUT2D eigenvalue weighted by Gasteiger charge is 2.14. The maximum absolute atomic E-state index is 9.98. The molecule has 0 aliphatic rings. The van der Waals surface area contributed by atoms with Crippen molar-refractivity contribution in [3.63, 3.8) is 0 Å². The van der Waals surface area contributed by atoms with Gasteiger partial charge in [-0.25, -0.2) is 0 Å². The zero-order chi connectivity index (χ0) is 12.4. The van der Waals surface area contributed by atoms with Crippen LogP contribution in [0.25, 0.3) is 10.8 Å². The normalized spacial score (nSPS) is 12.6. The Morgan fingerprint density at radius 3 is 2.71 bits per heavy atom. The number of aromatic hydroxyl groups is 1. The Balaban J connectivity index is 2.58. The first-order valence-electron chi connectivity index (χ1n) is 5.70. The number of nitrogens with two attached hydrogens (primary N) is 1. The van der Waals surface area contributed by atoms with Crippen LogP contribution < -0.4 is 5.73 Å². The molecule has 0 aliphatic carbocycles. The average Bonchev–Trinajstić information content (AvgIpc) is 2.27. The van der Waals surface area contributed by atoms with E-state index in [2.05, 4.69) is 6.58 Å². The number of rotatable bonds is 3. The number of hydrogen-bond donors (Lipinski definition) is 2. The van der Waals surface area contributed by atoms with Crippen LogP contribution in [-0.4, -0.2) is 5.11 Å².